The van der Waals surface area contributed by atoms with Crippen molar-refractivity contribution in [2.75, 3.05) is 19.0 Å². The molecule has 0 aromatic heterocycles. The molecule has 0 saturated carbocycles. The van der Waals surface area contributed by atoms with E-state index in [1.807, 2.05) is 18.2 Å². The molecule has 0 unspecified atom stereocenters. The Labute approximate surface area is 96.4 Å². The molecular formula is C10H12BrNO3. The van der Waals surface area contributed by atoms with Gasteiger partial charge in [-0.15, -0.1) is 0 Å². The average molecular weight is 274 g/mol. The van der Waals surface area contributed by atoms with Crippen molar-refractivity contribution in [1.29, 1.82) is 0 Å². The topological polar surface area (TPSA) is 58.6 Å². The van der Waals surface area contributed by atoms with Gasteiger partial charge < -0.3 is 15.2 Å². The summed E-state index contributed by atoms with van der Waals surface area (Å²) in [7, 11) is 1.59. The van der Waals surface area contributed by atoms with E-state index >= 15 is 0 Å². The van der Waals surface area contributed by atoms with Crippen molar-refractivity contribution in [3.63, 3.8) is 0 Å². The molecule has 0 fully saturated rings. The van der Waals surface area contributed by atoms with E-state index < -0.39 is 5.97 Å². The van der Waals surface area contributed by atoms with Gasteiger partial charge in [-0.25, -0.2) is 0 Å². The Kier molecular flexibility index (Phi) is 4.42. The third-order valence-corrected chi connectivity index (χ3v) is 2.23. The van der Waals surface area contributed by atoms with Crippen molar-refractivity contribution in [1.82, 2.24) is 0 Å². The fraction of sp³-hybridized carbons (Fsp3) is 0.300. The minimum absolute atomic E-state index is 0.0921. The molecule has 1 aromatic rings. The standard InChI is InChI=1S/C10H12BrNO3/c1-15-9-5-7(11)4-8(6-9)12-3-2-10(13)14/h4-6,12H,2-3H2,1H3,(H,13,14). The van der Waals surface area contributed by atoms with Gasteiger partial charge >= 0.3 is 5.97 Å². The van der Waals surface area contributed by atoms with Crippen LogP contribution < -0.4 is 10.1 Å². The first kappa shape index (κ1) is 11.8. The van der Waals surface area contributed by atoms with Gasteiger partial charge in [-0.2, -0.15) is 0 Å². The smallest absolute Gasteiger partial charge is 0.305 e. The molecule has 0 atom stereocenters. The van der Waals surface area contributed by atoms with E-state index in [4.69, 9.17) is 9.84 Å². The van der Waals surface area contributed by atoms with Gasteiger partial charge in [-0.1, -0.05) is 15.9 Å². The van der Waals surface area contributed by atoms with Gasteiger partial charge in [-0.05, 0) is 12.1 Å². The van der Waals surface area contributed by atoms with Crippen LogP contribution >= 0.6 is 15.9 Å². The number of ether oxygens (including phenoxy) is 1. The van der Waals surface area contributed by atoms with E-state index in [0.29, 0.717) is 6.54 Å². The number of nitrogens with one attached hydrogen (secondary N) is 1. The van der Waals surface area contributed by atoms with E-state index in [1.165, 1.54) is 0 Å². The van der Waals surface area contributed by atoms with Crippen LogP contribution in [0, 0.1) is 0 Å². The number of aliphatic carboxylic acids is 1. The normalized spacial score (nSPS) is 9.73. The number of carbonyl (C=O) groups is 1. The number of hydrogen-bond donors (Lipinski definition) is 2. The van der Waals surface area contributed by atoms with Gasteiger partial charge in [-0.3, -0.25) is 4.79 Å². The summed E-state index contributed by atoms with van der Waals surface area (Å²) < 4.78 is 5.97. The van der Waals surface area contributed by atoms with Crippen LogP contribution in [0.15, 0.2) is 22.7 Å². The molecule has 2 N–H and O–H groups in total. The third kappa shape index (κ3) is 4.20. The number of methoxy groups -OCH3 is 1. The number of rotatable bonds is 5. The lowest BCUT2D eigenvalue weighted by Crippen LogP contribution is -2.07. The van der Waals surface area contributed by atoms with Crippen molar-refractivity contribution in [3.8, 4) is 5.75 Å². The molecule has 82 valence electrons. The fourth-order valence-corrected chi connectivity index (χ4v) is 1.57. The van der Waals surface area contributed by atoms with Gasteiger partial charge in [0.1, 0.15) is 5.75 Å². The minimum Gasteiger partial charge on any atom is -0.497 e. The molecule has 0 amide bonds. The number of hydrogen-bond acceptors (Lipinski definition) is 3. The van der Waals surface area contributed by atoms with Crippen molar-refractivity contribution in [2.24, 2.45) is 0 Å². The van der Waals surface area contributed by atoms with Crippen molar-refractivity contribution < 1.29 is 14.6 Å². The van der Waals surface area contributed by atoms with E-state index in [2.05, 4.69) is 21.2 Å². The van der Waals surface area contributed by atoms with Crippen LogP contribution in [-0.2, 0) is 4.79 Å². The average Bonchev–Trinajstić information content (AvgIpc) is 2.16. The molecule has 15 heavy (non-hydrogen) atoms. The molecule has 0 aliphatic carbocycles. The number of benzene rings is 1. The number of carboxylic acids is 1. The van der Waals surface area contributed by atoms with E-state index in [-0.39, 0.29) is 6.42 Å². The van der Waals surface area contributed by atoms with Crippen LogP contribution in [0.4, 0.5) is 5.69 Å². The Morgan fingerprint density at radius 3 is 2.87 bits per heavy atom. The summed E-state index contributed by atoms with van der Waals surface area (Å²) in [5, 5.41) is 11.5. The molecule has 0 saturated heterocycles. The SMILES string of the molecule is COc1cc(Br)cc(NCCC(=O)O)c1. The first-order chi connectivity index (χ1) is 7.11. The predicted octanol–water partition coefficient (Wildman–Crippen LogP) is 2.34. The molecule has 0 heterocycles. The second kappa shape index (κ2) is 5.60. The summed E-state index contributed by atoms with van der Waals surface area (Å²) in [5.74, 6) is -0.0911. The van der Waals surface area contributed by atoms with Crippen molar-refractivity contribution in [3.05, 3.63) is 22.7 Å². The highest BCUT2D eigenvalue weighted by Gasteiger charge is 2.00. The summed E-state index contributed by atoms with van der Waals surface area (Å²) in [4.78, 5) is 10.3. The lowest BCUT2D eigenvalue weighted by atomic mass is 10.3. The minimum atomic E-state index is -0.815. The van der Waals surface area contributed by atoms with Gasteiger partial charge in [0, 0.05) is 22.8 Å². The maximum Gasteiger partial charge on any atom is 0.305 e. The number of carboxylic acid groups (broad SMARTS) is 1. The van der Waals surface area contributed by atoms with E-state index in [0.717, 1.165) is 15.9 Å². The molecule has 0 bridgehead atoms. The van der Waals surface area contributed by atoms with Crippen LogP contribution in [0.1, 0.15) is 6.42 Å². The number of halogens is 1. The Morgan fingerprint density at radius 1 is 1.53 bits per heavy atom. The Hall–Kier alpha value is -1.23. The summed E-state index contributed by atoms with van der Waals surface area (Å²) in [6.07, 6.45) is 0.0921. The molecule has 0 aliphatic heterocycles. The molecule has 4 nitrogen and oxygen atoms in total. The van der Waals surface area contributed by atoms with Gasteiger partial charge in [0.15, 0.2) is 0 Å². The Morgan fingerprint density at radius 2 is 2.27 bits per heavy atom. The Bertz CT molecular complexity index is 355. The van der Waals surface area contributed by atoms with Crippen LogP contribution in [-0.4, -0.2) is 24.7 Å². The summed E-state index contributed by atoms with van der Waals surface area (Å²) in [5.41, 5.74) is 0.836. The van der Waals surface area contributed by atoms with E-state index in [1.54, 1.807) is 7.11 Å². The highest BCUT2D eigenvalue weighted by Crippen LogP contribution is 2.24. The molecule has 0 aliphatic rings. The molecule has 0 radical (unpaired) electrons. The highest BCUT2D eigenvalue weighted by molar-refractivity contribution is 9.10. The van der Waals surface area contributed by atoms with Gasteiger partial charge in [0.05, 0.1) is 13.5 Å². The van der Waals surface area contributed by atoms with Crippen LogP contribution in [0.3, 0.4) is 0 Å². The first-order valence-electron chi connectivity index (χ1n) is 4.42. The Balaban J connectivity index is 2.60. The largest absolute Gasteiger partial charge is 0.497 e. The molecule has 1 aromatic carbocycles. The van der Waals surface area contributed by atoms with Crippen LogP contribution in [0.2, 0.25) is 0 Å². The third-order valence-electron chi connectivity index (χ3n) is 1.77. The maximum absolute atomic E-state index is 10.3. The molecule has 0 spiro atoms. The van der Waals surface area contributed by atoms with Crippen molar-refractivity contribution >= 4 is 27.6 Å². The van der Waals surface area contributed by atoms with Crippen LogP contribution in [0.5, 0.6) is 5.75 Å². The van der Waals surface area contributed by atoms with Crippen LogP contribution in [0.25, 0.3) is 0 Å². The zero-order chi connectivity index (χ0) is 11.3. The number of anilines is 1. The summed E-state index contributed by atoms with van der Waals surface area (Å²) in [6.45, 7) is 0.398. The summed E-state index contributed by atoms with van der Waals surface area (Å²) in [6, 6.07) is 5.51. The van der Waals surface area contributed by atoms with E-state index in [9.17, 15) is 4.79 Å². The first-order valence-corrected chi connectivity index (χ1v) is 5.21. The molecule has 5 heteroatoms. The predicted molar refractivity (Wildman–Crippen MR) is 61.4 cm³/mol. The fourth-order valence-electron chi connectivity index (χ4n) is 1.10. The summed E-state index contributed by atoms with van der Waals surface area (Å²) >= 11 is 3.34. The monoisotopic (exact) mass is 273 g/mol. The maximum atomic E-state index is 10.3. The van der Waals surface area contributed by atoms with Gasteiger partial charge in [0.2, 0.25) is 0 Å². The van der Waals surface area contributed by atoms with Crippen molar-refractivity contribution in [2.45, 2.75) is 6.42 Å². The second-order valence-corrected chi connectivity index (χ2v) is 3.87. The lowest BCUT2D eigenvalue weighted by molar-refractivity contribution is -0.136. The lowest BCUT2D eigenvalue weighted by Gasteiger charge is -2.07. The molecular weight excluding hydrogens is 262 g/mol. The zero-order valence-corrected chi connectivity index (χ0v) is 9.87. The van der Waals surface area contributed by atoms with Gasteiger partial charge in [0.25, 0.3) is 0 Å². The quantitative estimate of drug-likeness (QED) is 0.865. The second-order valence-electron chi connectivity index (χ2n) is 2.95. The zero-order valence-electron chi connectivity index (χ0n) is 8.29. The molecule has 1 rings (SSSR count). The highest BCUT2D eigenvalue weighted by atomic mass is 79.9.